The lowest BCUT2D eigenvalue weighted by Crippen LogP contribution is -2.34. The summed E-state index contributed by atoms with van der Waals surface area (Å²) < 4.78 is 125. The molecule has 0 bridgehead atoms. The summed E-state index contributed by atoms with van der Waals surface area (Å²) >= 11 is 0. The molecule has 0 unspecified atom stereocenters. The molecular formula is C22H21F9N2O8. The van der Waals surface area contributed by atoms with Crippen molar-refractivity contribution < 1.29 is 77.6 Å². The molecule has 230 valence electrons. The summed E-state index contributed by atoms with van der Waals surface area (Å²) in [6.45, 7) is 0. The van der Waals surface area contributed by atoms with Crippen LogP contribution in [0.1, 0.15) is 0 Å². The first-order valence-electron chi connectivity index (χ1n) is 10.2. The number of benzene rings is 2. The van der Waals surface area contributed by atoms with Crippen molar-refractivity contribution in [3.05, 3.63) is 36.4 Å². The fraction of sp³-hybridized carbons (Fsp3) is 0.318. The van der Waals surface area contributed by atoms with E-state index in [2.05, 4.69) is 4.74 Å². The number of hydrogen-bond acceptors (Lipinski definition) is 9. The van der Waals surface area contributed by atoms with E-state index in [0.29, 0.717) is 17.2 Å². The molecule has 0 spiro atoms. The summed E-state index contributed by atoms with van der Waals surface area (Å²) in [4.78, 5) is 30.0. The Morgan fingerprint density at radius 3 is 1.17 bits per heavy atom. The third-order valence-electron chi connectivity index (χ3n) is 3.89. The largest absolute Gasteiger partial charge is 0.497 e. The third kappa shape index (κ3) is 13.9. The smallest absolute Gasteiger partial charge is 0.491 e. The summed E-state index contributed by atoms with van der Waals surface area (Å²) in [7, 11) is 5.89. The Bertz CT molecular complexity index is 1110. The highest BCUT2D eigenvalue weighted by Crippen LogP contribution is 2.27. The number of carbonyl (C=O) groups excluding carboxylic acids is 3. The first-order valence-corrected chi connectivity index (χ1v) is 10.2. The van der Waals surface area contributed by atoms with Crippen molar-refractivity contribution in [3.8, 4) is 23.0 Å². The van der Waals surface area contributed by atoms with Gasteiger partial charge in [0.15, 0.2) is 0 Å². The topological polar surface area (TPSA) is 135 Å². The number of methoxy groups -OCH3 is 4. The lowest BCUT2D eigenvalue weighted by molar-refractivity contribution is -0.221. The van der Waals surface area contributed by atoms with E-state index in [1.165, 1.54) is 32.4 Å². The maximum atomic E-state index is 12.0. The number of anilines is 2. The van der Waals surface area contributed by atoms with Crippen molar-refractivity contribution in [1.82, 2.24) is 0 Å². The van der Waals surface area contributed by atoms with Crippen LogP contribution in [0.2, 0.25) is 0 Å². The second-order valence-electron chi connectivity index (χ2n) is 6.87. The van der Waals surface area contributed by atoms with Gasteiger partial charge in [-0.25, -0.2) is 9.59 Å². The van der Waals surface area contributed by atoms with Crippen molar-refractivity contribution >= 4 is 29.2 Å². The van der Waals surface area contributed by atoms with Crippen molar-refractivity contribution in [2.24, 2.45) is 0 Å². The molecule has 0 atom stereocenters. The zero-order chi connectivity index (χ0) is 32.2. The fourth-order valence-corrected chi connectivity index (χ4v) is 2.11. The van der Waals surface area contributed by atoms with E-state index in [9.17, 15) is 53.9 Å². The van der Waals surface area contributed by atoms with E-state index < -0.39 is 36.4 Å². The van der Waals surface area contributed by atoms with Crippen LogP contribution in [0.25, 0.3) is 0 Å². The van der Waals surface area contributed by atoms with Crippen LogP contribution in [0.5, 0.6) is 23.0 Å². The Kier molecular flexibility index (Phi) is 13.6. The fourth-order valence-electron chi connectivity index (χ4n) is 2.11. The molecule has 2 rings (SSSR count). The predicted molar refractivity (Wildman–Crippen MR) is 121 cm³/mol. The lowest BCUT2D eigenvalue weighted by atomic mass is 10.2. The van der Waals surface area contributed by atoms with Gasteiger partial charge in [-0.05, 0) is 0 Å². The van der Waals surface area contributed by atoms with Gasteiger partial charge in [-0.1, -0.05) is 0 Å². The molecule has 0 aliphatic rings. The van der Waals surface area contributed by atoms with E-state index in [1.54, 1.807) is 37.7 Å². The first kappa shape index (κ1) is 36.4. The Labute approximate surface area is 225 Å². The summed E-state index contributed by atoms with van der Waals surface area (Å²) in [6, 6.07) is 9.24. The average Bonchev–Trinajstić information content (AvgIpc) is 2.86. The van der Waals surface area contributed by atoms with E-state index in [-0.39, 0.29) is 17.2 Å². The van der Waals surface area contributed by atoms with E-state index in [0.717, 1.165) is 0 Å². The van der Waals surface area contributed by atoms with Gasteiger partial charge in [0.25, 0.3) is 0 Å². The van der Waals surface area contributed by atoms with Gasteiger partial charge in [0, 0.05) is 47.8 Å². The minimum atomic E-state index is -5.62. The van der Waals surface area contributed by atoms with Gasteiger partial charge in [-0.3, -0.25) is 4.79 Å². The lowest BCUT2D eigenvalue weighted by Gasteiger charge is -2.11. The van der Waals surface area contributed by atoms with Crippen LogP contribution >= 0.6 is 0 Å². The van der Waals surface area contributed by atoms with E-state index >= 15 is 0 Å². The van der Waals surface area contributed by atoms with Crippen LogP contribution in [-0.2, 0) is 19.1 Å². The molecule has 2 aromatic rings. The molecule has 0 aliphatic heterocycles. The number of ether oxygens (including phenoxy) is 5. The maximum Gasteiger partial charge on any atom is 0.491 e. The molecule has 3 N–H and O–H groups in total. The molecule has 1 amide bonds. The number of rotatable bonds is 5. The van der Waals surface area contributed by atoms with Crippen molar-refractivity contribution in [2.45, 2.75) is 18.5 Å². The second-order valence-corrected chi connectivity index (χ2v) is 6.87. The molecule has 0 aliphatic carbocycles. The Morgan fingerprint density at radius 1 is 0.585 bits per heavy atom. The summed E-state index contributed by atoms with van der Waals surface area (Å²) in [6.07, 6.45) is -16.2. The van der Waals surface area contributed by atoms with E-state index in [4.69, 9.17) is 24.7 Å². The summed E-state index contributed by atoms with van der Waals surface area (Å²) in [5.74, 6) is -6.47. The zero-order valence-electron chi connectivity index (χ0n) is 21.2. The van der Waals surface area contributed by atoms with Gasteiger partial charge in [0.05, 0.1) is 28.4 Å². The van der Waals surface area contributed by atoms with Gasteiger partial charge in [0.1, 0.15) is 23.0 Å². The van der Waals surface area contributed by atoms with Gasteiger partial charge < -0.3 is 34.7 Å². The Balaban J connectivity index is 0.000000601. The summed E-state index contributed by atoms with van der Waals surface area (Å²) in [5, 5.41) is 1.71. The molecule has 41 heavy (non-hydrogen) atoms. The normalized spacial score (nSPS) is 11.0. The number of halogens is 9. The Morgan fingerprint density at radius 2 is 0.902 bits per heavy atom. The van der Waals surface area contributed by atoms with Crippen LogP contribution in [0.15, 0.2) is 36.4 Å². The molecule has 0 saturated heterocycles. The van der Waals surface area contributed by atoms with Crippen LogP contribution in [-0.4, -0.2) is 64.8 Å². The number of nitrogens with two attached hydrogens (primary N) is 1. The third-order valence-corrected chi connectivity index (χ3v) is 3.89. The van der Waals surface area contributed by atoms with Gasteiger partial charge >= 0.3 is 36.4 Å². The monoisotopic (exact) mass is 612 g/mol. The van der Waals surface area contributed by atoms with Crippen molar-refractivity contribution in [1.29, 1.82) is 0 Å². The van der Waals surface area contributed by atoms with E-state index in [1.807, 2.05) is 0 Å². The van der Waals surface area contributed by atoms with Crippen molar-refractivity contribution in [3.63, 3.8) is 0 Å². The highest BCUT2D eigenvalue weighted by Gasteiger charge is 2.49. The molecule has 0 saturated carbocycles. The van der Waals surface area contributed by atoms with Gasteiger partial charge in [-0.2, -0.15) is 39.5 Å². The molecule has 0 fully saturated rings. The number of nitrogens with one attached hydrogen (secondary N) is 1. The molecule has 0 heterocycles. The first-order chi connectivity index (χ1) is 18.7. The van der Waals surface area contributed by atoms with Crippen LogP contribution in [0.3, 0.4) is 0 Å². The summed E-state index contributed by atoms with van der Waals surface area (Å²) in [5.41, 5.74) is 6.14. The maximum absolute atomic E-state index is 12.0. The number of esters is 2. The number of carbonyl (C=O) groups is 3. The number of nitrogen functional groups attached to an aromatic ring is 1. The zero-order valence-corrected chi connectivity index (χ0v) is 21.2. The SMILES string of the molecule is COc1cc(N)cc(OC)c1.COc1cc(NC(=O)C(F)(F)F)cc(OC)c1.O=C(OC(=O)C(F)(F)F)C(F)(F)F. The van der Waals surface area contributed by atoms with Crippen LogP contribution < -0.4 is 30.0 Å². The van der Waals surface area contributed by atoms with Crippen molar-refractivity contribution in [2.75, 3.05) is 39.5 Å². The quantitative estimate of drug-likeness (QED) is 0.214. The highest BCUT2D eigenvalue weighted by atomic mass is 19.4. The molecule has 10 nitrogen and oxygen atoms in total. The Hall–Kier alpha value is -4.58. The molecule has 0 radical (unpaired) electrons. The second kappa shape index (κ2) is 15.3. The predicted octanol–water partition coefficient (Wildman–Crippen LogP) is 4.67. The number of hydrogen-bond donors (Lipinski definition) is 2. The molecule has 19 heteroatoms. The van der Waals surface area contributed by atoms with Crippen LogP contribution in [0, 0.1) is 0 Å². The average molecular weight is 612 g/mol. The van der Waals surface area contributed by atoms with Gasteiger partial charge in [-0.15, -0.1) is 0 Å². The molecule has 0 aromatic heterocycles. The minimum Gasteiger partial charge on any atom is -0.497 e. The highest BCUT2D eigenvalue weighted by molar-refractivity contribution is 5.95. The van der Waals surface area contributed by atoms with Gasteiger partial charge in [0.2, 0.25) is 0 Å². The van der Waals surface area contributed by atoms with Crippen LogP contribution in [0.4, 0.5) is 50.9 Å². The molecule has 2 aromatic carbocycles. The minimum absolute atomic E-state index is 0.0523. The molecular weight excluding hydrogens is 591 g/mol. The standard InChI is InChI=1S/C10H10F3NO3.C8H11NO2.C4F6O3/c1-16-7-3-6(4-8(5-7)17-2)14-9(15)10(11,12)13;1-10-7-3-6(9)4-8(5-7)11-2;5-3(6,7)1(11)13-2(12)4(8,9)10/h3-5H,1-2H3,(H,14,15);3-5H,9H2,1-2H3;. The number of alkyl halides is 9. The number of amides is 1.